The molecule has 1 saturated carbocycles. The monoisotopic (exact) mass is 461 g/mol. The van der Waals surface area contributed by atoms with Crippen LogP contribution in [0.1, 0.15) is 51.1 Å². The highest BCUT2D eigenvalue weighted by atomic mass is 19.4. The summed E-state index contributed by atoms with van der Waals surface area (Å²) < 4.78 is 41.7. The highest BCUT2D eigenvalue weighted by molar-refractivity contribution is 5.39. The lowest BCUT2D eigenvalue weighted by atomic mass is 9.49. The van der Waals surface area contributed by atoms with Gasteiger partial charge in [-0.3, -0.25) is 9.47 Å². The Bertz CT molecular complexity index is 1140. The highest BCUT2D eigenvalue weighted by Crippen LogP contribution is 2.59. The summed E-state index contributed by atoms with van der Waals surface area (Å²) in [5.41, 5.74) is 0.591. The van der Waals surface area contributed by atoms with E-state index >= 15 is 0 Å². The van der Waals surface area contributed by atoms with E-state index in [1.165, 1.54) is 35.7 Å². The molecule has 2 atom stereocenters. The summed E-state index contributed by atoms with van der Waals surface area (Å²) in [6.45, 7) is 7.41. The van der Waals surface area contributed by atoms with E-state index in [1.807, 2.05) is 0 Å². The number of benzene rings is 1. The summed E-state index contributed by atoms with van der Waals surface area (Å²) in [4.78, 5) is 15.5. The molecule has 0 unspecified atom stereocenters. The van der Waals surface area contributed by atoms with Crippen LogP contribution in [0.5, 0.6) is 5.88 Å². The molecule has 2 heterocycles. The van der Waals surface area contributed by atoms with Crippen LogP contribution in [0.2, 0.25) is 0 Å². The Labute approximate surface area is 191 Å². The van der Waals surface area contributed by atoms with E-state index in [1.54, 1.807) is 5.57 Å². The number of alkyl halides is 3. The number of piperidine rings is 1. The van der Waals surface area contributed by atoms with Gasteiger partial charge in [-0.2, -0.15) is 13.2 Å². The minimum absolute atomic E-state index is 0.00849. The second kappa shape index (κ2) is 7.79. The van der Waals surface area contributed by atoms with E-state index in [4.69, 9.17) is 0 Å². The number of nitrogens with zero attached hydrogens (tertiary/aromatic N) is 3. The maximum Gasteiger partial charge on any atom is 0.416 e. The largest absolute Gasteiger partial charge is 0.493 e. The summed E-state index contributed by atoms with van der Waals surface area (Å²) in [6, 6.07) is 4.39. The molecule has 6 rings (SSSR count). The number of likely N-dealkylation sites (tertiary alicyclic amines) is 1. The van der Waals surface area contributed by atoms with Gasteiger partial charge in [-0.25, -0.2) is 9.36 Å². The van der Waals surface area contributed by atoms with Crippen LogP contribution in [-0.2, 0) is 6.18 Å². The molecule has 3 aliphatic carbocycles. The van der Waals surface area contributed by atoms with Crippen molar-refractivity contribution in [2.24, 2.45) is 17.3 Å². The average molecular weight is 462 g/mol. The molecule has 0 spiro atoms. The molecule has 8 heteroatoms. The molecular weight excluding hydrogens is 431 g/mol. The fourth-order valence-electron chi connectivity index (χ4n) is 6.05. The number of fused-ring (bicyclic) bond motifs is 1. The predicted molar refractivity (Wildman–Crippen MR) is 119 cm³/mol. The third-order valence-electron chi connectivity index (χ3n) is 8.27. The standard InChI is InChI=1S/C25H30F3N3O2/c1-24(2)17-7-6-16(21(24)13-17)14-29-10-8-19(9-11-29)30-15-22(32)31(23(30)33)20-5-3-4-18(12-20)25(26,27)28/h3-6,12,15,17,19,21,32H,7-11,13-14H2,1-2H3/t17-,21-/m0/s1. The summed E-state index contributed by atoms with van der Waals surface area (Å²) in [5.74, 6) is 1.14. The van der Waals surface area contributed by atoms with Crippen molar-refractivity contribution < 1.29 is 18.3 Å². The molecule has 1 aromatic carbocycles. The fraction of sp³-hybridized carbons (Fsp3) is 0.560. The number of aromatic hydroxyl groups is 1. The van der Waals surface area contributed by atoms with Crippen LogP contribution in [0.25, 0.3) is 5.69 Å². The first-order valence-electron chi connectivity index (χ1n) is 11.7. The van der Waals surface area contributed by atoms with Crippen molar-refractivity contribution in [3.05, 3.63) is 58.2 Å². The first-order valence-corrected chi connectivity index (χ1v) is 11.7. The van der Waals surface area contributed by atoms with Crippen molar-refractivity contribution >= 4 is 0 Å². The summed E-state index contributed by atoms with van der Waals surface area (Å²) in [5, 5.41) is 10.4. The lowest BCUT2D eigenvalue weighted by molar-refractivity contribution is -0.137. The molecule has 33 heavy (non-hydrogen) atoms. The zero-order chi connectivity index (χ0) is 23.5. The van der Waals surface area contributed by atoms with Crippen molar-refractivity contribution in [2.45, 2.75) is 51.7 Å². The lowest BCUT2D eigenvalue weighted by Crippen LogP contribution is -2.50. The van der Waals surface area contributed by atoms with E-state index < -0.39 is 17.4 Å². The first kappa shape index (κ1) is 22.3. The predicted octanol–water partition coefficient (Wildman–Crippen LogP) is 4.99. The Morgan fingerprint density at radius 1 is 1.18 bits per heavy atom. The molecule has 1 N–H and O–H groups in total. The number of halogens is 3. The maximum atomic E-state index is 13.1. The Balaban J connectivity index is 1.29. The van der Waals surface area contributed by atoms with E-state index in [0.717, 1.165) is 55.1 Å². The number of allylic oxidation sites excluding steroid dienone is 1. The van der Waals surface area contributed by atoms with Crippen LogP contribution in [0.3, 0.4) is 0 Å². The minimum Gasteiger partial charge on any atom is -0.493 e. The number of aromatic nitrogens is 2. The molecule has 1 saturated heterocycles. The third-order valence-corrected chi connectivity index (χ3v) is 8.27. The molecule has 2 bridgehead atoms. The quantitative estimate of drug-likeness (QED) is 0.653. The van der Waals surface area contributed by atoms with Crippen molar-refractivity contribution in [3.63, 3.8) is 0 Å². The first-order chi connectivity index (χ1) is 15.6. The van der Waals surface area contributed by atoms with E-state index in [9.17, 15) is 23.1 Å². The third kappa shape index (κ3) is 3.82. The number of imidazole rings is 1. The van der Waals surface area contributed by atoms with Crippen LogP contribution in [-0.4, -0.2) is 38.8 Å². The summed E-state index contributed by atoms with van der Waals surface area (Å²) in [7, 11) is 0. The number of hydrogen-bond acceptors (Lipinski definition) is 3. The molecule has 2 fully saturated rings. The van der Waals surface area contributed by atoms with Gasteiger partial charge in [-0.15, -0.1) is 0 Å². The smallest absolute Gasteiger partial charge is 0.416 e. The Morgan fingerprint density at radius 2 is 1.91 bits per heavy atom. The number of rotatable bonds is 4. The molecule has 4 aliphatic rings. The normalized spacial score (nSPS) is 25.5. The zero-order valence-corrected chi connectivity index (χ0v) is 19.0. The molecule has 0 radical (unpaired) electrons. The molecule has 178 valence electrons. The van der Waals surface area contributed by atoms with Crippen molar-refractivity contribution in [1.82, 2.24) is 14.0 Å². The van der Waals surface area contributed by atoms with Gasteiger partial charge in [0.15, 0.2) is 0 Å². The van der Waals surface area contributed by atoms with E-state index in [2.05, 4.69) is 24.8 Å². The zero-order valence-electron chi connectivity index (χ0n) is 19.0. The molecule has 1 aromatic heterocycles. The van der Waals surface area contributed by atoms with Gasteiger partial charge in [0.25, 0.3) is 0 Å². The van der Waals surface area contributed by atoms with Crippen LogP contribution in [0, 0.1) is 17.3 Å². The van der Waals surface area contributed by atoms with Gasteiger partial charge in [0, 0.05) is 25.7 Å². The topological polar surface area (TPSA) is 50.4 Å². The SMILES string of the molecule is CC1(C)[C@H]2CC=C(CN3CCC(n4cc(O)n(-c5cccc(C(F)(F)F)c5)c4=O)CC3)[C@@H]1C2. The molecule has 1 aliphatic heterocycles. The van der Waals surface area contributed by atoms with E-state index in [0.29, 0.717) is 11.3 Å². The minimum atomic E-state index is -4.52. The van der Waals surface area contributed by atoms with Gasteiger partial charge in [-0.1, -0.05) is 31.6 Å². The van der Waals surface area contributed by atoms with Crippen LogP contribution >= 0.6 is 0 Å². The number of hydrogen-bond donors (Lipinski definition) is 1. The van der Waals surface area contributed by atoms with Crippen molar-refractivity contribution in [2.75, 3.05) is 19.6 Å². The second-order valence-electron chi connectivity index (χ2n) is 10.4. The van der Waals surface area contributed by atoms with Crippen LogP contribution < -0.4 is 5.69 Å². The van der Waals surface area contributed by atoms with Gasteiger partial charge in [0.2, 0.25) is 5.88 Å². The molecule has 2 aromatic rings. The van der Waals surface area contributed by atoms with Crippen molar-refractivity contribution in [1.29, 1.82) is 0 Å². The Kier molecular flexibility index (Phi) is 5.27. The van der Waals surface area contributed by atoms with Gasteiger partial charge in [0.05, 0.1) is 17.4 Å². The molecular formula is C25H30F3N3O2. The van der Waals surface area contributed by atoms with E-state index in [-0.39, 0.29) is 17.6 Å². The lowest BCUT2D eigenvalue weighted by Gasteiger charge is -2.57. The van der Waals surface area contributed by atoms with Crippen molar-refractivity contribution in [3.8, 4) is 11.6 Å². The maximum absolute atomic E-state index is 13.1. The van der Waals surface area contributed by atoms with Gasteiger partial charge < -0.3 is 5.11 Å². The average Bonchev–Trinajstić information content (AvgIpc) is 3.07. The summed E-state index contributed by atoms with van der Waals surface area (Å²) >= 11 is 0. The Morgan fingerprint density at radius 3 is 2.55 bits per heavy atom. The van der Waals surface area contributed by atoms with Gasteiger partial charge in [0.1, 0.15) is 0 Å². The summed E-state index contributed by atoms with van der Waals surface area (Å²) in [6.07, 6.45) is 3.25. The second-order valence-corrected chi connectivity index (χ2v) is 10.4. The van der Waals surface area contributed by atoms with Gasteiger partial charge in [-0.05, 0) is 61.1 Å². The molecule has 0 amide bonds. The Hall–Kier alpha value is -2.48. The van der Waals surface area contributed by atoms with Gasteiger partial charge >= 0.3 is 11.9 Å². The molecule has 5 nitrogen and oxygen atoms in total. The highest BCUT2D eigenvalue weighted by Gasteiger charge is 2.51. The fourth-order valence-corrected chi connectivity index (χ4v) is 6.05. The van der Waals surface area contributed by atoms with Crippen LogP contribution in [0.4, 0.5) is 13.2 Å². The van der Waals surface area contributed by atoms with Crippen LogP contribution in [0.15, 0.2) is 46.9 Å².